The van der Waals surface area contributed by atoms with Gasteiger partial charge in [-0.2, -0.15) is 5.11 Å². The van der Waals surface area contributed by atoms with Gasteiger partial charge in [-0.1, -0.05) is 5.22 Å². The third-order valence-corrected chi connectivity index (χ3v) is 2.20. The van der Waals surface area contributed by atoms with Crippen LogP contribution in [0.2, 0.25) is 0 Å². The van der Waals surface area contributed by atoms with Gasteiger partial charge in [-0.05, 0) is 7.05 Å². The summed E-state index contributed by atoms with van der Waals surface area (Å²) in [6, 6.07) is 0.262. The van der Waals surface area contributed by atoms with Crippen LogP contribution in [0, 0.1) is 0 Å². The summed E-state index contributed by atoms with van der Waals surface area (Å²) in [7, 11) is 1.92. The minimum absolute atomic E-state index is 0.0972. The molecule has 0 aromatic rings. The molecule has 0 amide bonds. The Morgan fingerprint density at radius 3 is 3.30 bits per heavy atom. The predicted molar refractivity (Wildman–Crippen MR) is 36.4 cm³/mol. The summed E-state index contributed by atoms with van der Waals surface area (Å²) >= 11 is 0. The van der Waals surface area contributed by atoms with Crippen LogP contribution < -0.4 is 16.1 Å². The zero-order valence-corrected chi connectivity index (χ0v) is 5.89. The minimum Gasteiger partial charge on any atom is -0.311 e. The fourth-order valence-electron chi connectivity index (χ4n) is 1.45. The summed E-state index contributed by atoms with van der Waals surface area (Å²) in [4.78, 5) is 0. The molecule has 56 valence electrons. The van der Waals surface area contributed by atoms with Crippen LogP contribution in [-0.2, 0) is 0 Å². The molecule has 10 heavy (non-hydrogen) atoms. The highest BCUT2D eigenvalue weighted by Gasteiger charge is 2.45. The van der Waals surface area contributed by atoms with E-state index in [2.05, 4.69) is 26.4 Å². The van der Waals surface area contributed by atoms with Crippen molar-refractivity contribution >= 4 is 0 Å². The molecule has 0 radical (unpaired) electrons. The quantitative estimate of drug-likeness (QED) is 0.432. The third-order valence-electron chi connectivity index (χ3n) is 2.20. The maximum Gasteiger partial charge on any atom is 0.144 e. The molecule has 0 bridgehead atoms. The van der Waals surface area contributed by atoms with Crippen molar-refractivity contribution in [2.24, 2.45) is 10.3 Å². The van der Waals surface area contributed by atoms with Gasteiger partial charge in [-0.15, -0.1) is 0 Å². The second-order valence-electron chi connectivity index (χ2n) is 2.70. The molecule has 0 aromatic carbocycles. The first kappa shape index (κ1) is 6.06. The van der Waals surface area contributed by atoms with Crippen molar-refractivity contribution in [1.82, 2.24) is 16.1 Å². The van der Waals surface area contributed by atoms with Gasteiger partial charge in [-0.3, -0.25) is 10.7 Å². The van der Waals surface area contributed by atoms with Crippen molar-refractivity contribution in [3.8, 4) is 0 Å². The monoisotopic (exact) mass is 141 g/mol. The van der Waals surface area contributed by atoms with E-state index in [1.165, 1.54) is 0 Å². The molecule has 0 aromatic heterocycles. The van der Waals surface area contributed by atoms with Crippen LogP contribution in [0.25, 0.3) is 0 Å². The Bertz CT molecular complexity index is 167. The van der Waals surface area contributed by atoms with Crippen molar-refractivity contribution < 1.29 is 0 Å². The van der Waals surface area contributed by atoms with Gasteiger partial charge in [0.2, 0.25) is 0 Å². The van der Waals surface area contributed by atoms with Gasteiger partial charge in [0.15, 0.2) is 0 Å². The molecule has 2 rings (SSSR count). The number of likely N-dealkylation sites (N-methyl/N-ethyl adjacent to an activating group) is 1. The smallest absolute Gasteiger partial charge is 0.144 e. The van der Waals surface area contributed by atoms with Crippen LogP contribution in [0.1, 0.15) is 0 Å². The summed E-state index contributed by atoms with van der Waals surface area (Å²) in [6.07, 6.45) is 0. The Balaban J connectivity index is 2.20. The molecule has 0 spiro atoms. The van der Waals surface area contributed by atoms with Crippen molar-refractivity contribution in [3.63, 3.8) is 0 Å². The van der Waals surface area contributed by atoms with Gasteiger partial charge in [0.1, 0.15) is 11.7 Å². The van der Waals surface area contributed by atoms with Crippen LogP contribution >= 0.6 is 0 Å². The van der Waals surface area contributed by atoms with Crippen molar-refractivity contribution in [3.05, 3.63) is 0 Å². The molecule has 2 aliphatic rings. The molecular weight excluding hydrogens is 130 g/mol. The van der Waals surface area contributed by atoms with E-state index in [1.807, 2.05) is 7.05 Å². The lowest BCUT2D eigenvalue weighted by atomic mass is 10.1. The molecule has 1 saturated heterocycles. The number of hydrogen-bond acceptors (Lipinski definition) is 5. The number of rotatable bonds is 1. The van der Waals surface area contributed by atoms with Gasteiger partial charge in [-0.25, -0.2) is 0 Å². The van der Waals surface area contributed by atoms with Crippen molar-refractivity contribution in [2.75, 3.05) is 20.1 Å². The van der Waals surface area contributed by atoms with E-state index in [4.69, 9.17) is 0 Å². The Kier molecular flexibility index (Phi) is 1.15. The van der Waals surface area contributed by atoms with Gasteiger partial charge < -0.3 is 5.32 Å². The average Bonchev–Trinajstić information content (AvgIpc) is 2.42. The van der Waals surface area contributed by atoms with E-state index in [0.29, 0.717) is 0 Å². The van der Waals surface area contributed by atoms with E-state index >= 15 is 0 Å². The lowest BCUT2D eigenvalue weighted by Gasteiger charge is -2.24. The summed E-state index contributed by atoms with van der Waals surface area (Å²) in [5, 5.41) is 14.2. The largest absolute Gasteiger partial charge is 0.311 e. The van der Waals surface area contributed by atoms with E-state index in [1.54, 1.807) is 0 Å². The summed E-state index contributed by atoms with van der Waals surface area (Å²) < 4.78 is 0. The molecule has 2 unspecified atom stereocenters. The average molecular weight is 141 g/mol. The molecule has 2 atom stereocenters. The van der Waals surface area contributed by atoms with Crippen LogP contribution in [0.5, 0.6) is 0 Å². The van der Waals surface area contributed by atoms with Gasteiger partial charge in [0.05, 0.1) is 0 Å². The molecule has 5 heteroatoms. The maximum atomic E-state index is 4.03. The van der Waals surface area contributed by atoms with Crippen LogP contribution in [0.15, 0.2) is 10.3 Å². The first-order chi connectivity index (χ1) is 4.87. The van der Waals surface area contributed by atoms with Gasteiger partial charge in [0, 0.05) is 13.1 Å². The Morgan fingerprint density at radius 1 is 1.70 bits per heavy atom. The highest BCUT2D eigenvalue weighted by Crippen LogP contribution is 2.19. The van der Waals surface area contributed by atoms with Crippen LogP contribution in [-0.4, -0.2) is 31.8 Å². The molecule has 3 N–H and O–H groups in total. The Labute approximate surface area is 59.3 Å². The number of fused-ring (bicyclic) bond motifs is 1. The standard InChI is InChI=1S/C5H11N5/c1-6-5-3-7-2-4(5)8-10-9-5/h4,6-7H,2-3H2,1H3,(H,8,9). The van der Waals surface area contributed by atoms with Gasteiger partial charge >= 0.3 is 0 Å². The van der Waals surface area contributed by atoms with E-state index in [0.717, 1.165) is 13.1 Å². The number of nitrogens with one attached hydrogen (secondary N) is 3. The summed E-state index contributed by atoms with van der Waals surface area (Å²) in [5.41, 5.74) is 2.87. The second kappa shape index (κ2) is 1.90. The zero-order valence-electron chi connectivity index (χ0n) is 5.89. The van der Waals surface area contributed by atoms with Gasteiger partial charge in [0.25, 0.3) is 0 Å². The van der Waals surface area contributed by atoms with Crippen molar-refractivity contribution in [2.45, 2.75) is 11.7 Å². The lowest BCUT2D eigenvalue weighted by molar-refractivity contribution is 0.321. The highest BCUT2D eigenvalue weighted by molar-refractivity contribution is 5.05. The number of hydrogen-bond donors (Lipinski definition) is 3. The first-order valence-corrected chi connectivity index (χ1v) is 3.44. The normalized spacial score (nSPS) is 43.5. The zero-order chi connectivity index (χ0) is 7.03. The fraction of sp³-hybridized carbons (Fsp3) is 1.00. The minimum atomic E-state index is -0.0972. The van der Waals surface area contributed by atoms with E-state index < -0.39 is 0 Å². The Hall–Kier alpha value is -0.680. The topological polar surface area (TPSA) is 60.8 Å². The SMILES string of the molecule is CNC12CNCC1N=NN2. The van der Waals surface area contributed by atoms with E-state index in [9.17, 15) is 0 Å². The molecule has 5 nitrogen and oxygen atoms in total. The molecule has 2 heterocycles. The van der Waals surface area contributed by atoms with Crippen LogP contribution in [0.4, 0.5) is 0 Å². The fourth-order valence-corrected chi connectivity index (χ4v) is 1.45. The second-order valence-corrected chi connectivity index (χ2v) is 2.70. The highest BCUT2D eigenvalue weighted by atomic mass is 15.6. The molecule has 2 aliphatic heterocycles. The van der Waals surface area contributed by atoms with Crippen LogP contribution in [0.3, 0.4) is 0 Å². The predicted octanol–water partition coefficient (Wildman–Crippen LogP) is -1.16. The first-order valence-electron chi connectivity index (χ1n) is 3.44. The molecule has 1 fully saturated rings. The summed E-state index contributed by atoms with van der Waals surface area (Å²) in [6.45, 7) is 1.80. The molecular formula is C5H11N5. The lowest BCUT2D eigenvalue weighted by Crippen LogP contribution is -2.58. The molecule has 0 aliphatic carbocycles. The third kappa shape index (κ3) is 0.587. The maximum absolute atomic E-state index is 4.03. The molecule has 0 saturated carbocycles. The van der Waals surface area contributed by atoms with Crippen molar-refractivity contribution in [1.29, 1.82) is 0 Å². The Morgan fingerprint density at radius 2 is 2.60 bits per heavy atom. The van der Waals surface area contributed by atoms with E-state index in [-0.39, 0.29) is 11.7 Å². The number of nitrogens with zero attached hydrogens (tertiary/aromatic N) is 2. The summed E-state index contributed by atoms with van der Waals surface area (Å²) in [5.74, 6) is 0.